The lowest BCUT2D eigenvalue weighted by molar-refractivity contribution is -0.113. The highest BCUT2D eigenvalue weighted by molar-refractivity contribution is 9.10. The van der Waals surface area contributed by atoms with Crippen molar-refractivity contribution >= 4 is 56.8 Å². The topological polar surface area (TPSA) is 88.9 Å². The third-order valence-electron chi connectivity index (χ3n) is 5.02. The molecule has 0 saturated heterocycles. The number of benzene rings is 3. The minimum Gasteiger partial charge on any atom is -0.345 e. The summed E-state index contributed by atoms with van der Waals surface area (Å²) in [6, 6.07) is 19.0. The predicted octanol–water partition coefficient (Wildman–Crippen LogP) is 5.79. The number of hydrogen-bond donors (Lipinski definition) is 2. The summed E-state index contributed by atoms with van der Waals surface area (Å²) in [6.45, 7) is 1.91. The van der Waals surface area contributed by atoms with E-state index in [0.717, 1.165) is 15.7 Å². The number of amides is 2. The molecular formula is C25H20BrClFN5O2S. The van der Waals surface area contributed by atoms with Gasteiger partial charge < -0.3 is 10.6 Å². The Bertz CT molecular complexity index is 1390. The Kier molecular flexibility index (Phi) is 8.40. The number of hydrogen-bond acceptors (Lipinski definition) is 5. The molecule has 4 aromatic rings. The SMILES string of the molecule is Cc1cccc(NC(=O)CSc2nnc(CNC(=O)c3c(F)cccc3Cl)n2-c2ccc(Br)cc2)c1. The van der Waals surface area contributed by atoms with E-state index < -0.39 is 11.7 Å². The van der Waals surface area contributed by atoms with E-state index in [4.69, 9.17) is 11.6 Å². The van der Waals surface area contributed by atoms with E-state index in [1.807, 2.05) is 55.5 Å². The number of thioether (sulfide) groups is 1. The summed E-state index contributed by atoms with van der Waals surface area (Å²) in [5.74, 6) is -1.08. The van der Waals surface area contributed by atoms with E-state index >= 15 is 0 Å². The molecule has 11 heteroatoms. The van der Waals surface area contributed by atoms with Crippen LogP contribution in [0.2, 0.25) is 5.02 Å². The predicted molar refractivity (Wildman–Crippen MR) is 142 cm³/mol. The molecule has 0 fully saturated rings. The van der Waals surface area contributed by atoms with Crippen molar-refractivity contribution in [3.8, 4) is 5.69 Å². The molecule has 0 aliphatic rings. The fraction of sp³-hybridized carbons (Fsp3) is 0.120. The van der Waals surface area contributed by atoms with Crippen LogP contribution in [0.3, 0.4) is 0 Å². The summed E-state index contributed by atoms with van der Waals surface area (Å²) in [6.07, 6.45) is 0. The van der Waals surface area contributed by atoms with Crippen LogP contribution < -0.4 is 10.6 Å². The first kappa shape index (κ1) is 25.9. The Labute approximate surface area is 224 Å². The fourth-order valence-corrected chi connectivity index (χ4v) is 4.65. The summed E-state index contributed by atoms with van der Waals surface area (Å²) in [7, 11) is 0. The normalized spacial score (nSPS) is 10.8. The van der Waals surface area contributed by atoms with Gasteiger partial charge in [-0.15, -0.1) is 10.2 Å². The molecule has 0 spiro atoms. The van der Waals surface area contributed by atoms with Gasteiger partial charge in [0.2, 0.25) is 5.91 Å². The lowest BCUT2D eigenvalue weighted by Crippen LogP contribution is -2.26. The second-order valence-corrected chi connectivity index (χ2v) is 9.96. The van der Waals surface area contributed by atoms with Gasteiger partial charge in [0.15, 0.2) is 11.0 Å². The number of aromatic nitrogens is 3. The molecule has 0 aliphatic carbocycles. The Balaban J connectivity index is 1.52. The molecule has 4 rings (SSSR count). The minimum atomic E-state index is -0.717. The third-order valence-corrected chi connectivity index (χ3v) is 6.79. The lowest BCUT2D eigenvalue weighted by atomic mass is 10.2. The standard InChI is InChI=1S/C25H20BrClFN5O2S/c1-15-4-2-5-17(12-15)30-22(34)14-36-25-32-31-21(33(25)18-10-8-16(26)9-11-18)13-29-24(35)23-19(27)6-3-7-20(23)28/h2-12H,13-14H2,1H3,(H,29,35)(H,30,34). The van der Waals surface area contributed by atoms with Gasteiger partial charge in [-0.1, -0.05) is 57.5 Å². The highest BCUT2D eigenvalue weighted by atomic mass is 79.9. The van der Waals surface area contributed by atoms with Crippen LogP contribution in [0, 0.1) is 12.7 Å². The number of halogens is 3. The van der Waals surface area contributed by atoms with E-state index in [9.17, 15) is 14.0 Å². The number of nitrogens with zero attached hydrogens (tertiary/aromatic N) is 3. The largest absolute Gasteiger partial charge is 0.345 e. The Morgan fingerprint density at radius 3 is 2.56 bits per heavy atom. The molecule has 1 aromatic heterocycles. The van der Waals surface area contributed by atoms with Gasteiger partial charge in [-0.25, -0.2) is 4.39 Å². The van der Waals surface area contributed by atoms with Crippen molar-refractivity contribution in [2.75, 3.05) is 11.1 Å². The van der Waals surface area contributed by atoms with Gasteiger partial charge in [-0.05, 0) is 61.0 Å². The first-order valence-electron chi connectivity index (χ1n) is 10.7. The van der Waals surface area contributed by atoms with Gasteiger partial charge in [0, 0.05) is 15.8 Å². The van der Waals surface area contributed by atoms with Crippen LogP contribution in [0.4, 0.5) is 10.1 Å². The maximum Gasteiger partial charge on any atom is 0.256 e. The number of rotatable bonds is 8. The summed E-state index contributed by atoms with van der Waals surface area (Å²) in [5, 5.41) is 14.4. The quantitative estimate of drug-likeness (QED) is 0.254. The molecule has 0 saturated carbocycles. The van der Waals surface area contributed by atoms with Crippen LogP contribution in [-0.4, -0.2) is 32.3 Å². The zero-order valence-electron chi connectivity index (χ0n) is 19.0. The highest BCUT2D eigenvalue weighted by Gasteiger charge is 2.19. The molecular weight excluding hydrogens is 569 g/mol. The molecule has 36 heavy (non-hydrogen) atoms. The molecule has 0 aliphatic heterocycles. The maximum absolute atomic E-state index is 14.1. The van der Waals surface area contributed by atoms with Crippen LogP contribution >= 0.6 is 39.3 Å². The van der Waals surface area contributed by atoms with E-state index in [-0.39, 0.29) is 28.8 Å². The lowest BCUT2D eigenvalue weighted by Gasteiger charge is -2.12. The number of anilines is 1. The summed E-state index contributed by atoms with van der Waals surface area (Å²) >= 11 is 10.6. The number of nitrogens with one attached hydrogen (secondary N) is 2. The van der Waals surface area contributed by atoms with Crippen LogP contribution in [0.15, 0.2) is 76.4 Å². The van der Waals surface area contributed by atoms with E-state index in [2.05, 4.69) is 36.8 Å². The molecule has 2 amide bonds. The average Bonchev–Trinajstić information content (AvgIpc) is 3.24. The van der Waals surface area contributed by atoms with Crippen LogP contribution in [-0.2, 0) is 11.3 Å². The molecule has 2 N–H and O–H groups in total. The first-order valence-corrected chi connectivity index (χ1v) is 12.9. The zero-order valence-corrected chi connectivity index (χ0v) is 22.1. The maximum atomic E-state index is 14.1. The number of aryl methyl sites for hydroxylation is 1. The summed E-state index contributed by atoms with van der Waals surface area (Å²) in [5.41, 5.74) is 2.25. The molecule has 0 radical (unpaired) electrons. The van der Waals surface area contributed by atoms with Gasteiger partial charge in [-0.2, -0.15) is 0 Å². The number of carbonyl (C=O) groups excluding carboxylic acids is 2. The van der Waals surface area contributed by atoms with Gasteiger partial charge in [0.1, 0.15) is 5.82 Å². The zero-order chi connectivity index (χ0) is 25.7. The first-order chi connectivity index (χ1) is 17.3. The van der Waals surface area contributed by atoms with Gasteiger partial charge in [0.25, 0.3) is 5.91 Å². The van der Waals surface area contributed by atoms with Crippen molar-refractivity contribution in [3.05, 3.63) is 99.0 Å². The summed E-state index contributed by atoms with van der Waals surface area (Å²) < 4.78 is 16.8. The van der Waals surface area contributed by atoms with Crippen LogP contribution in [0.1, 0.15) is 21.7 Å². The second-order valence-electron chi connectivity index (χ2n) is 7.70. The number of carbonyl (C=O) groups is 2. The molecule has 184 valence electrons. The Morgan fingerprint density at radius 1 is 1.08 bits per heavy atom. The monoisotopic (exact) mass is 587 g/mol. The molecule has 0 unspecified atom stereocenters. The molecule has 7 nitrogen and oxygen atoms in total. The van der Waals surface area contributed by atoms with Gasteiger partial charge in [-0.3, -0.25) is 14.2 Å². The highest BCUT2D eigenvalue weighted by Crippen LogP contribution is 2.24. The van der Waals surface area contributed by atoms with Crippen LogP contribution in [0.5, 0.6) is 0 Å². The molecule has 0 bridgehead atoms. The average molecular weight is 589 g/mol. The third kappa shape index (κ3) is 6.31. The van der Waals surface area contributed by atoms with Crippen molar-refractivity contribution < 1.29 is 14.0 Å². The van der Waals surface area contributed by atoms with Gasteiger partial charge in [0.05, 0.1) is 22.9 Å². The van der Waals surface area contributed by atoms with Crippen molar-refractivity contribution in [1.29, 1.82) is 0 Å². The van der Waals surface area contributed by atoms with Crippen molar-refractivity contribution in [1.82, 2.24) is 20.1 Å². The van der Waals surface area contributed by atoms with Crippen molar-refractivity contribution in [2.45, 2.75) is 18.6 Å². The van der Waals surface area contributed by atoms with Crippen LogP contribution in [0.25, 0.3) is 5.69 Å². The van der Waals surface area contributed by atoms with E-state index in [1.165, 1.54) is 30.0 Å². The van der Waals surface area contributed by atoms with E-state index in [1.54, 1.807) is 4.57 Å². The summed E-state index contributed by atoms with van der Waals surface area (Å²) in [4.78, 5) is 25.1. The molecule has 1 heterocycles. The smallest absolute Gasteiger partial charge is 0.256 e. The molecule has 0 atom stereocenters. The second kappa shape index (κ2) is 11.7. The van der Waals surface area contributed by atoms with Crippen molar-refractivity contribution in [2.24, 2.45) is 0 Å². The minimum absolute atomic E-state index is 0.0118. The van der Waals surface area contributed by atoms with Gasteiger partial charge >= 0.3 is 0 Å². The van der Waals surface area contributed by atoms with Crippen molar-refractivity contribution in [3.63, 3.8) is 0 Å². The Morgan fingerprint density at radius 2 is 1.83 bits per heavy atom. The van der Waals surface area contributed by atoms with E-state index in [0.29, 0.717) is 16.7 Å². The molecule has 3 aromatic carbocycles. The fourth-order valence-electron chi connectivity index (χ4n) is 3.37. The Hall–Kier alpha value is -3.21.